The molecule has 2 aliphatic carbocycles. The van der Waals surface area contributed by atoms with Gasteiger partial charge in [-0.25, -0.2) is 0 Å². The number of halogens is 1. The third kappa shape index (κ3) is 4.06. The smallest absolute Gasteiger partial charge is 0.0250 e. The summed E-state index contributed by atoms with van der Waals surface area (Å²) >= 11 is 3.77. The summed E-state index contributed by atoms with van der Waals surface area (Å²) in [5.74, 6) is 0.918. The molecule has 0 saturated carbocycles. The van der Waals surface area contributed by atoms with Crippen molar-refractivity contribution in [3.63, 3.8) is 0 Å². The second-order valence-corrected chi connectivity index (χ2v) is 12.7. The van der Waals surface area contributed by atoms with Crippen LogP contribution in [0.15, 0.2) is 113 Å². The molecule has 2 atom stereocenters. The van der Waals surface area contributed by atoms with Crippen LogP contribution >= 0.6 is 23.9 Å². The van der Waals surface area contributed by atoms with Gasteiger partial charge in [-0.05, 0) is 72.4 Å². The number of hydrogen-bond acceptors (Lipinski definition) is 0. The molecule has 0 aliphatic heterocycles. The van der Waals surface area contributed by atoms with Gasteiger partial charge in [0.15, 0.2) is 0 Å². The lowest BCUT2D eigenvalue weighted by atomic mass is 9.82. The first-order chi connectivity index (χ1) is 17.1. The van der Waals surface area contributed by atoms with E-state index in [4.69, 9.17) is 0 Å². The first-order valence-electron chi connectivity index (χ1n) is 12.3. The molecule has 0 spiro atoms. The molecule has 0 heterocycles. The Hall–Kier alpha value is -2.73. The second kappa shape index (κ2) is 9.38. The predicted octanol–water partition coefficient (Wildman–Crippen LogP) is 8.30. The highest BCUT2D eigenvalue weighted by molar-refractivity contribution is 9.10. The normalized spacial score (nSPS) is 18.3. The zero-order chi connectivity index (χ0) is 23.9. The molecule has 0 nitrogen and oxygen atoms in total. The fourth-order valence-corrected chi connectivity index (χ4v) is 8.79. The van der Waals surface area contributed by atoms with E-state index in [0.29, 0.717) is 11.8 Å². The molecule has 35 heavy (non-hydrogen) atoms. The van der Waals surface area contributed by atoms with E-state index in [1.54, 1.807) is 0 Å². The maximum Gasteiger partial charge on any atom is 0.0250 e. The Bertz CT molecular complexity index is 1410. The van der Waals surface area contributed by atoms with E-state index >= 15 is 0 Å². The van der Waals surface area contributed by atoms with Gasteiger partial charge in [0, 0.05) is 16.3 Å². The van der Waals surface area contributed by atoms with Crippen molar-refractivity contribution in [2.75, 3.05) is 0 Å². The SMILES string of the molecule is CC1=Cc2c(Br)cccc2C1CC1C(C)=Cc2c1cccc2P(c1ccccc1)c1ccccc1. The minimum atomic E-state index is -0.620. The summed E-state index contributed by atoms with van der Waals surface area (Å²) in [7, 11) is -0.620. The molecule has 4 aromatic rings. The Kier molecular flexibility index (Phi) is 6.09. The quantitative estimate of drug-likeness (QED) is 0.226. The van der Waals surface area contributed by atoms with Crippen molar-refractivity contribution in [3.8, 4) is 0 Å². The van der Waals surface area contributed by atoms with E-state index in [1.165, 1.54) is 53.8 Å². The second-order valence-electron chi connectivity index (χ2n) is 9.65. The van der Waals surface area contributed by atoms with E-state index in [1.807, 2.05) is 0 Å². The summed E-state index contributed by atoms with van der Waals surface area (Å²) in [5, 5.41) is 4.29. The zero-order valence-electron chi connectivity index (χ0n) is 20.1. The first kappa shape index (κ1) is 22.7. The van der Waals surface area contributed by atoms with Crippen molar-refractivity contribution in [3.05, 3.63) is 135 Å². The van der Waals surface area contributed by atoms with Crippen LogP contribution in [0.4, 0.5) is 0 Å². The van der Waals surface area contributed by atoms with Gasteiger partial charge in [-0.15, -0.1) is 0 Å². The van der Waals surface area contributed by atoms with E-state index in [9.17, 15) is 0 Å². The molecule has 0 bridgehead atoms. The molecule has 0 fully saturated rings. The van der Waals surface area contributed by atoms with Crippen molar-refractivity contribution in [2.45, 2.75) is 32.1 Å². The molecule has 4 aromatic carbocycles. The molecule has 2 heteroatoms. The number of fused-ring (bicyclic) bond motifs is 2. The molecule has 0 aromatic heterocycles. The van der Waals surface area contributed by atoms with Crippen molar-refractivity contribution in [1.29, 1.82) is 0 Å². The van der Waals surface area contributed by atoms with Crippen LogP contribution in [0.3, 0.4) is 0 Å². The van der Waals surface area contributed by atoms with Crippen LogP contribution in [0.2, 0.25) is 0 Å². The van der Waals surface area contributed by atoms with Crippen molar-refractivity contribution in [2.24, 2.45) is 0 Å². The molecule has 0 N–H and O–H groups in total. The van der Waals surface area contributed by atoms with E-state index in [0.717, 1.165) is 6.42 Å². The average molecular weight is 535 g/mol. The summed E-state index contributed by atoms with van der Waals surface area (Å²) in [4.78, 5) is 0. The van der Waals surface area contributed by atoms with Gasteiger partial charge in [-0.2, -0.15) is 0 Å². The Balaban J connectivity index is 1.42. The van der Waals surface area contributed by atoms with Gasteiger partial charge >= 0.3 is 0 Å². The fraction of sp³-hybridized carbons (Fsp3) is 0.152. The Morgan fingerprint density at radius 1 is 0.600 bits per heavy atom. The molecule has 172 valence electrons. The van der Waals surface area contributed by atoms with Crippen LogP contribution < -0.4 is 15.9 Å². The Morgan fingerprint density at radius 2 is 1.11 bits per heavy atom. The minimum absolute atomic E-state index is 0.451. The van der Waals surface area contributed by atoms with E-state index in [-0.39, 0.29) is 0 Å². The molecule has 2 aliphatic rings. The van der Waals surface area contributed by atoms with Crippen LogP contribution in [0, 0.1) is 0 Å². The Morgan fingerprint density at radius 3 is 1.71 bits per heavy atom. The minimum Gasteiger partial charge on any atom is -0.0651 e. The van der Waals surface area contributed by atoms with Crippen LogP contribution in [0.1, 0.15) is 54.4 Å². The maximum absolute atomic E-state index is 3.77. The zero-order valence-corrected chi connectivity index (χ0v) is 22.6. The summed E-state index contributed by atoms with van der Waals surface area (Å²) in [6.07, 6.45) is 5.98. The lowest BCUT2D eigenvalue weighted by molar-refractivity contribution is 0.642. The number of hydrogen-bond donors (Lipinski definition) is 0. The summed E-state index contributed by atoms with van der Waals surface area (Å²) < 4.78 is 1.20. The summed E-state index contributed by atoms with van der Waals surface area (Å²) in [5.41, 5.74) is 8.73. The molecular weight excluding hydrogens is 507 g/mol. The van der Waals surface area contributed by atoms with E-state index < -0.39 is 7.92 Å². The van der Waals surface area contributed by atoms with Crippen molar-refractivity contribution < 1.29 is 0 Å². The van der Waals surface area contributed by atoms with Gasteiger partial charge in [0.1, 0.15) is 0 Å². The molecule has 6 rings (SSSR count). The number of benzene rings is 4. The predicted molar refractivity (Wildman–Crippen MR) is 157 cm³/mol. The van der Waals surface area contributed by atoms with Gasteiger partial charge < -0.3 is 0 Å². The third-order valence-corrected chi connectivity index (χ3v) is 10.7. The highest BCUT2D eigenvalue weighted by Gasteiger charge is 2.33. The molecule has 0 amide bonds. The standard InChI is InChI=1S/C33H28BrP/c1-22-19-30-26(15-9-17-32(30)34)28(22)21-29-23(2)20-31-27(29)16-10-18-33(31)35(24-11-5-3-6-12-24)25-13-7-4-8-14-25/h3-20,28-29H,21H2,1-2H3. The number of allylic oxidation sites excluding steroid dienone is 2. The van der Waals surface area contributed by atoms with Crippen LogP contribution in [-0.2, 0) is 0 Å². The number of rotatable bonds is 5. The van der Waals surface area contributed by atoms with E-state index in [2.05, 4.69) is 139 Å². The largest absolute Gasteiger partial charge is 0.0651 e. The van der Waals surface area contributed by atoms with Gasteiger partial charge in [-0.1, -0.05) is 130 Å². The lowest BCUT2D eigenvalue weighted by Crippen LogP contribution is -2.22. The first-order valence-corrected chi connectivity index (χ1v) is 14.4. The van der Waals surface area contributed by atoms with Crippen molar-refractivity contribution in [1.82, 2.24) is 0 Å². The van der Waals surface area contributed by atoms with Gasteiger partial charge in [0.05, 0.1) is 0 Å². The monoisotopic (exact) mass is 534 g/mol. The Labute approximate surface area is 218 Å². The molecule has 0 saturated heterocycles. The molecule has 0 radical (unpaired) electrons. The van der Waals surface area contributed by atoms with Crippen LogP contribution in [0.25, 0.3) is 12.2 Å². The summed E-state index contributed by atoms with van der Waals surface area (Å²) in [6.45, 7) is 4.63. The van der Waals surface area contributed by atoms with Gasteiger partial charge in [-0.3, -0.25) is 0 Å². The van der Waals surface area contributed by atoms with Crippen LogP contribution in [-0.4, -0.2) is 0 Å². The molecule has 2 unspecified atom stereocenters. The highest BCUT2D eigenvalue weighted by atomic mass is 79.9. The van der Waals surface area contributed by atoms with Gasteiger partial charge in [0.2, 0.25) is 0 Å². The average Bonchev–Trinajstić information content (AvgIpc) is 3.38. The third-order valence-electron chi connectivity index (χ3n) is 7.54. The fourth-order valence-electron chi connectivity index (χ4n) is 5.83. The summed E-state index contributed by atoms with van der Waals surface area (Å²) in [6, 6.07) is 35.8. The van der Waals surface area contributed by atoms with Gasteiger partial charge in [0.25, 0.3) is 0 Å². The topological polar surface area (TPSA) is 0 Å². The van der Waals surface area contributed by atoms with Crippen LogP contribution in [0.5, 0.6) is 0 Å². The maximum atomic E-state index is 3.77. The van der Waals surface area contributed by atoms with Crippen molar-refractivity contribution >= 4 is 51.9 Å². The highest BCUT2D eigenvalue weighted by Crippen LogP contribution is 2.49. The molecular formula is C33H28BrP. The lowest BCUT2D eigenvalue weighted by Gasteiger charge is -2.24.